The second kappa shape index (κ2) is 7.43. The minimum Gasteiger partial charge on any atom is -0.381 e. The summed E-state index contributed by atoms with van der Waals surface area (Å²) in [6.45, 7) is 2.56. The Hall–Kier alpha value is -1.43. The molecule has 2 saturated carbocycles. The van der Waals surface area contributed by atoms with Crippen LogP contribution in [0.4, 0.5) is 0 Å². The van der Waals surface area contributed by atoms with E-state index in [-0.39, 0.29) is 5.92 Å². The molecule has 1 atom stereocenters. The molecule has 3 aliphatic rings. The first kappa shape index (κ1) is 16.4. The van der Waals surface area contributed by atoms with Gasteiger partial charge in [0.05, 0.1) is 0 Å². The molecule has 3 fully saturated rings. The monoisotopic (exact) mass is 322 g/mol. The SMILES string of the molecule is O=CN(CC1CCOCC1)C(C(=O)C(=O)NCC1CC1)C1CC1. The lowest BCUT2D eigenvalue weighted by Crippen LogP contribution is -2.50. The van der Waals surface area contributed by atoms with Crippen molar-refractivity contribution in [3.63, 3.8) is 0 Å². The highest BCUT2D eigenvalue weighted by Gasteiger charge is 2.43. The molecule has 0 aromatic heterocycles. The topological polar surface area (TPSA) is 75.7 Å². The van der Waals surface area contributed by atoms with Gasteiger partial charge in [-0.15, -0.1) is 0 Å². The lowest BCUT2D eigenvalue weighted by atomic mass is 9.97. The van der Waals surface area contributed by atoms with Crippen molar-refractivity contribution in [1.29, 1.82) is 0 Å². The Morgan fingerprint density at radius 2 is 1.78 bits per heavy atom. The molecule has 1 heterocycles. The first-order valence-electron chi connectivity index (χ1n) is 8.80. The summed E-state index contributed by atoms with van der Waals surface area (Å²) in [5.41, 5.74) is 0. The number of ether oxygens (including phenoxy) is 1. The van der Waals surface area contributed by atoms with Gasteiger partial charge in [-0.2, -0.15) is 0 Å². The summed E-state index contributed by atoms with van der Waals surface area (Å²) < 4.78 is 5.34. The van der Waals surface area contributed by atoms with Gasteiger partial charge in [-0.25, -0.2) is 0 Å². The molecule has 6 heteroatoms. The summed E-state index contributed by atoms with van der Waals surface area (Å²) in [7, 11) is 0. The maximum Gasteiger partial charge on any atom is 0.289 e. The summed E-state index contributed by atoms with van der Waals surface area (Å²) in [5, 5.41) is 2.74. The summed E-state index contributed by atoms with van der Waals surface area (Å²) in [6.07, 6.45) is 6.67. The van der Waals surface area contributed by atoms with Gasteiger partial charge in [0.25, 0.3) is 5.91 Å². The molecule has 23 heavy (non-hydrogen) atoms. The summed E-state index contributed by atoms with van der Waals surface area (Å²) in [4.78, 5) is 37.8. The van der Waals surface area contributed by atoms with E-state index >= 15 is 0 Å². The minimum atomic E-state index is -0.574. The zero-order valence-corrected chi connectivity index (χ0v) is 13.5. The first-order valence-corrected chi connectivity index (χ1v) is 8.80. The molecule has 3 rings (SSSR count). The first-order chi connectivity index (χ1) is 11.2. The van der Waals surface area contributed by atoms with E-state index in [1.807, 2.05) is 0 Å². The molecule has 0 radical (unpaired) electrons. The van der Waals surface area contributed by atoms with Crippen molar-refractivity contribution >= 4 is 18.1 Å². The number of hydrogen-bond donors (Lipinski definition) is 1. The van der Waals surface area contributed by atoms with Crippen LogP contribution in [0.2, 0.25) is 0 Å². The number of hydrogen-bond acceptors (Lipinski definition) is 4. The molecule has 2 amide bonds. The molecular formula is C17H26N2O4. The van der Waals surface area contributed by atoms with Crippen LogP contribution in [0.25, 0.3) is 0 Å². The van der Waals surface area contributed by atoms with Gasteiger partial charge < -0.3 is 15.0 Å². The van der Waals surface area contributed by atoms with Crippen LogP contribution in [-0.4, -0.2) is 55.3 Å². The van der Waals surface area contributed by atoms with Crippen molar-refractivity contribution in [1.82, 2.24) is 10.2 Å². The average molecular weight is 322 g/mol. The van der Waals surface area contributed by atoms with Gasteiger partial charge in [0, 0.05) is 26.3 Å². The van der Waals surface area contributed by atoms with Crippen LogP contribution < -0.4 is 5.32 Å². The maximum absolute atomic E-state index is 12.6. The van der Waals surface area contributed by atoms with Gasteiger partial charge in [-0.05, 0) is 56.3 Å². The molecule has 0 aromatic rings. The van der Waals surface area contributed by atoms with Crippen molar-refractivity contribution in [2.24, 2.45) is 17.8 Å². The van der Waals surface area contributed by atoms with Crippen LogP contribution in [0.1, 0.15) is 38.5 Å². The van der Waals surface area contributed by atoms with Crippen LogP contribution in [0.3, 0.4) is 0 Å². The Morgan fingerprint density at radius 1 is 1.09 bits per heavy atom. The van der Waals surface area contributed by atoms with E-state index in [2.05, 4.69) is 5.32 Å². The molecule has 1 aliphatic heterocycles. The third kappa shape index (κ3) is 4.53. The predicted octanol–water partition coefficient (Wildman–Crippen LogP) is 0.745. The summed E-state index contributed by atoms with van der Waals surface area (Å²) >= 11 is 0. The number of nitrogens with one attached hydrogen (secondary N) is 1. The smallest absolute Gasteiger partial charge is 0.289 e. The fourth-order valence-electron chi connectivity index (χ4n) is 3.28. The number of Topliss-reactive ketones (excluding diaryl/α,β-unsaturated/α-hetero) is 1. The molecule has 1 saturated heterocycles. The predicted molar refractivity (Wildman–Crippen MR) is 83.6 cm³/mol. The van der Waals surface area contributed by atoms with Crippen molar-refractivity contribution in [2.45, 2.75) is 44.6 Å². The summed E-state index contributed by atoms with van der Waals surface area (Å²) in [5.74, 6) is 0.0900. The number of rotatable bonds is 9. The number of nitrogens with zero attached hydrogens (tertiary/aromatic N) is 1. The fourth-order valence-corrected chi connectivity index (χ4v) is 3.28. The van der Waals surface area contributed by atoms with Crippen molar-refractivity contribution < 1.29 is 19.1 Å². The molecule has 6 nitrogen and oxygen atoms in total. The number of amides is 2. The lowest BCUT2D eigenvalue weighted by Gasteiger charge is -2.32. The van der Waals surface area contributed by atoms with E-state index in [1.54, 1.807) is 4.90 Å². The van der Waals surface area contributed by atoms with E-state index in [4.69, 9.17) is 4.74 Å². The molecular weight excluding hydrogens is 296 g/mol. The van der Waals surface area contributed by atoms with E-state index in [9.17, 15) is 14.4 Å². The van der Waals surface area contributed by atoms with Gasteiger partial charge in [0.1, 0.15) is 6.04 Å². The highest BCUT2D eigenvalue weighted by Crippen LogP contribution is 2.36. The third-order valence-corrected chi connectivity index (χ3v) is 5.11. The Bertz CT molecular complexity index is 454. The largest absolute Gasteiger partial charge is 0.381 e. The van der Waals surface area contributed by atoms with E-state index in [1.165, 1.54) is 0 Å². The van der Waals surface area contributed by atoms with Gasteiger partial charge in [-0.3, -0.25) is 14.4 Å². The van der Waals surface area contributed by atoms with E-state index in [0.29, 0.717) is 38.1 Å². The fraction of sp³-hybridized carbons (Fsp3) is 0.824. The zero-order chi connectivity index (χ0) is 16.2. The maximum atomic E-state index is 12.6. The Labute approximate surface area is 136 Å². The normalized spacial score (nSPS) is 23.1. The average Bonchev–Trinajstić information content (AvgIpc) is 3.46. The molecule has 1 unspecified atom stereocenters. The van der Waals surface area contributed by atoms with Crippen molar-refractivity contribution in [3.8, 4) is 0 Å². The molecule has 0 aromatic carbocycles. The molecule has 128 valence electrons. The molecule has 2 aliphatic carbocycles. The lowest BCUT2D eigenvalue weighted by molar-refractivity contribution is -0.143. The van der Waals surface area contributed by atoms with Crippen LogP contribution in [0.5, 0.6) is 0 Å². The van der Waals surface area contributed by atoms with E-state index in [0.717, 1.165) is 44.9 Å². The number of ketones is 1. The highest BCUT2D eigenvalue weighted by molar-refractivity contribution is 6.38. The molecule has 0 bridgehead atoms. The van der Waals surface area contributed by atoms with Crippen LogP contribution >= 0.6 is 0 Å². The minimum absolute atomic E-state index is 0.152. The highest BCUT2D eigenvalue weighted by atomic mass is 16.5. The van der Waals surface area contributed by atoms with Gasteiger partial charge in [0.2, 0.25) is 12.2 Å². The van der Waals surface area contributed by atoms with Crippen molar-refractivity contribution in [3.05, 3.63) is 0 Å². The number of carbonyl (C=O) groups excluding carboxylic acids is 3. The van der Waals surface area contributed by atoms with Crippen molar-refractivity contribution in [2.75, 3.05) is 26.3 Å². The second-order valence-corrected chi connectivity index (χ2v) is 7.16. The Kier molecular flexibility index (Phi) is 5.30. The van der Waals surface area contributed by atoms with Gasteiger partial charge in [-0.1, -0.05) is 0 Å². The second-order valence-electron chi connectivity index (χ2n) is 7.16. The summed E-state index contributed by atoms with van der Waals surface area (Å²) in [6, 6.07) is -0.574. The number of carbonyl (C=O) groups is 3. The van der Waals surface area contributed by atoms with E-state index < -0.39 is 17.7 Å². The zero-order valence-electron chi connectivity index (χ0n) is 13.5. The Morgan fingerprint density at radius 3 is 2.35 bits per heavy atom. The van der Waals surface area contributed by atoms with Gasteiger partial charge in [0.15, 0.2) is 0 Å². The quantitative estimate of drug-likeness (QED) is 0.502. The van der Waals surface area contributed by atoms with Crippen LogP contribution in [0.15, 0.2) is 0 Å². The molecule has 0 spiro atoms. The third-order valence-electron chi connectivity index (χ3n) is 5.11. The molecule has 1 N–H and O–H groups in total. The Balaban J connectivity index is 1.59. The standard InChI is InChI=1S/C17H26N2O4/c20-11-19(10-13-5-7-23-8-6-13)15(14-3-4-14)16(21)17(22)18-9-12-1-2-12/h11-15H,1-10H2,(H,18,22). The van der Waals surface area contributed by atoms with Crippen LogP contribution in [-0.2, 0) is 19.1 Å². The van der Waals surface area contributed by atoms with Crippen LogP contribution in [0, 0.1) is 17.8 Å². The van der Waals surface area contributed by atoms with Gasteiger partial charge >= 0.3 is 0 Å².